The first kappa shape index (κ1) is 12.5. The third-order valence-corrected chi connectivity index (χ3v) is 3.08. The van der Waals surface area contributed by atoms with Gasteiger partial charge in [-0.2, -0.15) is 16.7 Å². The maximum atomic E-state index is 5.09. The van der Waals surface area contributed by atoms with Crippen molar-refractivity contribution in [3.63, 3.8) is 0 Å². The number of aromatic nitrogens is 2. The number of hydrogen-bond donors (Lipinski definition) is 1. The number of rotatable bonds is 7. The van der Waals surface area contributed by atoms with E-state index in [1.807, 2.05) is 11.8 Å². The molecule has 0 unspecified atom stereocenters. The monoisotopic (exact) mass is 229 g/mol. The van der Waals surface area contributed by atoms with Crippen LogP contribution in [0.5, 0.6) is 0 Å². The Morgan fingerprint density at radius 1 is 1.47 bits per heavy atom. The van der Waals surface area contributed by atoms with Gasteiger partial charge in [-0.1, -0.05) is 25.9 Å². The molecule has 0 aliphatic rings. The Morgan fingerprint density at radius 3 is 2.93 bits per heavy atom. The summed E-state index contributed by atoms with van der Waals surface area (Å²) in [4.78, 5) is 4.28. The van der Waals surface area contributed by atoms with Crippen molar-refractivity contribution in [2.75, 3.05) is 12.3 Å². The SMILES string of the molecule is CCNCc1nc(CSCC(C)C)no1. The second kappa shape index (κ2) is 6.85. The van der Waals surface area contributed by atoms with Crippen LogP contribution < -0.4 is 5.32 Å². The van der Waals surface area contributed by atoms with E-state index in [1.165, 1.54) is 0 Å². The summed E-state index contributed by atoms with van der Waals surface area (Å²) in [6, 6.07) is 0. The summed E-state index contributed by atoms with van der Waals surface area (Å²) >= 11 is 1.85. The van der Waals surface area contributed by atoms with Gasteiger partial charge in [-0.25, -0.2) is 0 Å². The maximum Gasteiger partial charge on any atom is 0.240 e. The van der Waals surface area contributed by atoms with Crippen LogP contribution in [-0.4, -0.2) is 22.4 Å². The summed E-state index contributed by atoms with van der Waals surface area (Å²) in [6.45, 7) is 8.05. The summed E-state index contributed by atoms with van der Waals surface area (Å²) in [5.74, 6) is 4.17. The second-order valence-corrected chi connectivity index (χ2v) is 4.82. The minimum absolute atomic E-state index is 0.665. The highest BCUT2D eigenvalue weighted by Gasteiger charge is 2.05. The molecule has 0 fully saturated rings. The predicted octanol–water partition coefficient (Wildman–Crippen LogP) is 2.07. The molecule has 5 heteroatoms. The van der Waals surface area contributed by atoms with Crippen LogP contribution in [0.3, 0.4) is 0 Å². The van der Waals surface area contributed by atoms with Gasteiger partial charge in [0.2, 0.25) is 5.89 Å². The van der Waals surface area contributed by atoms with Gasteiger partial charge in [0.25, 0.3) is 0 Å². The predicted molar refractivity (Wildman–Crippen MR) is 62.7 cm³/mol. The lowest BCUT2D eigenvalue weighted by Gasteiger charge is -2.00. The Kier molecular flexibility index (Phi) is 5.71. The zero-order chi connectivity index (χ0) is 11.1. The number of nitrogens with one attached hydrogen (secondary N) is 1. The molecule has 86 valence electrons. The Bertz CT molecular complexity index is 275. The van der Waals surface area contributed by atoms with E-state index in [0.717, 1.165) is 23.9 Å². The summed E-state index contributed by atoms with van der Waals surface area (Å²) < 4.78 is 5.09. The Hall–Kier alpha value is -0.550. The van der Waals surface area contributed by atoms with Crippen molar-refractivity contribution in [2.24, 2.45) is 5.92 Å². The highest BCUT2D eigenvalue weighted by molar-refractivity contribution is 7.98. The molecule has 0 bridgehead atoms. The van der Waals surface area contributed by atoms with Crippen molar-refractivity contribution >= 4 is 11.8 Å². The standard InChI is InChI=1S/C10H19N3OS/c1-4-11-5-10-12-9(13-14-10)7-15-6-8(2)3/h8,11H,4-7H2,1-3H3. The van der Waals surface area contributed by atoms with E-state index in [9.17, 15) is 0 Å². The van der Waals surface area contributed by atoms with Gasteiger partial charge in [0.1, 0.15) is 0 Å². The van der Waals surface area contributed by atoms with Crippen molar-refractivity contribution in [3.8, 4) is 0 Å². The lowest BCUT2D eigenvalue weighted by Crippen LogP contribution is -2.11. The lowest BCUT2D eigenvalue weighted by atomic mass is 10.3. The molecule has 1 rings (SSSR count). The van der Waals surface area contributed by atoms with Crippen LogP contribution in [0.4, 0.5) is 0 Å². The lowest BCUT2D eigenvalue weighted by molar-refractivity contribution is 0.365. The molecule has 1 heterocycles. The molecule has 4 nitrogen and oxygen atoms in total. The molecular formula is C10H19N3OS. The fourth-order valence-corrected chi connectivity index (χ4v) is 1.93. The number of nitrogens with zero attached hydrogens (tertiary/aromatic N) is 2. The molecule has 0 amide bonds. The molecule has 0 aliphatic heterocycles. The fraction of sp³-hybridized carbons (Fsp3) is 0.800. The van der Waals surface area contributed by atoms with Crippen molar-refractivity contribution in [2.45, 2.75) is 33.1 Å². The Labute approximate surface area is 95.2 Å². The molecule has 15 heavy (non-hydrogen) atoms. The number of thioether (sulfide) groups is 1. The molecule has 0 atom stereocenters. The van der Waals surface area contributed by atoms with Crippen LogP contribution in [0, 0.1) is 5.92 Å². The van der Waals surface area contributed by atoms with Crippen LogP contribution in [0.2, 0.25) is 0 Å². The second-order valence-electron chi connectivity index (χ2n) is 3.79. The zero-order valence-corrected chi connectivity index (χ0v) is 10.4. The van der Waals surface area contributed by atoms with Crippen LogP contribution in [0.15, 0.2) is 4.52 Å². The molecule has 0 aliphatic carbocycles. The van der Waals surface area contributed by atoms with Crippen LogP contribution in [-0.2, 0) is 12.3 Å². The van der Waals surface area contributed by atoms with Gasteiger partial charge < -0.3 is 9.84 Å². The smallest absolute Gasteiger partial charge is 0.240 e. The van der Waals surface area contributed by atoms with Crippen molar-refractivity contribution in [1.29, 1.82) is 0 Å². The van der Waals surface area contributed by atoms with Gasteiger partial charge in [0.15, 0.2) is 5.82 Å². The van der Waals surface area contributed by atoms with E-state index in [0.29, 0.717) is 18.4 Å². The third kappa shape index (κ3) is 5.18. The molecular weight excluding hydrogens is 210 g/mol. The normalized spacial score (nSPS) is 11.2. The van der Waals surface area contributed by atoms with E-state index in [4.69, 9.17) is 4.52 Å². The van der Waals surface area contributed by atoms with Crippen molar-refractivity contribution < 1.29 is 4.52 Å². The van der Waals surface area contributed by atoms with E-state index in [2.05, 4.69) is 36.2 Å². The van der Waals surface area contributed by atoms with Crippen LogP contribution >= 0.6 is 11.8 Å². The number of hydrogen-bond acceptors (Lipinski definition) is 5. The average molecular weight is 229 g/mol. The highest BCUT2D eigenvalue weighted by atomic mass is 32.2. The van der Waals surface area contributed by atoms with E-state index >= 15 is 0 Å². The summed E-state index contributed by atoms with van der Waals surface area (Å²) in [5, 5.41) is 7.07. The van der Waals surface area contributed by atoms with Gasteiger partial charge in [0.05, 0.1) is 12.3 Å². The first-order valence-corrected chi connectivity index (χ1v) is 6.47. The van der Waals surface area contributed by atoms with Gasteiger partial charge in [-0.3, -0.25) is 0 Å². The van der Waals surface area contributed by atoms with Crippen molar-refractivity contribution in [1.82, 2.24) is 15.5 Å². The topological polar surface area (TPSA) is 51.0 Å². The molecule has 1 aromatic rings. The van der Waals surface area contributed by atoms with Gasteiger partial charge in [-0.05, 0) is 18.2 Å². The molecule has 0 saturated heterocycles. The Morgan fingerprint density at radius 2 is 2.27 bits per heavy atom. The first-order valence-electron chi connectivity index (χ1n) is 5.32. The molecule has 0 radical (unpaired) electrons. The first-order chi connectivity index (χ1) is 7.22. The largest absolute Gasteiger partial charge is 0.338 e. The molecule has 0 spiro atoms. The van der Waals surface area contributed by atoms with E-state index in [-0.39, 0.29) is 0 Å². The summed E-state index contributed by atoms with van der Waals surface area (Å²) in [5.41, 5.74) is 0. The van der Waals surface area contributed by atoms with Gasteiger partial charge in [0, 0.05) is 0 Å². The van der Waals surface area contributed by atoms with Crippen LogP contribution in [0.25, 0.3) is 0 Å². The van der Waals surface area contributed by atoms with Gasteiger partial charge in [-0.15, -0.1) is 0 Å². The third-order valence-electron chi connectivity index (χ3n) is 1.72. The quantitative estimate of drug-likeness (QED) is 0.775. The summed E-state index contributed by atoms with van der Waals surface area (Å²) in [7, 11) is 0. The summed E-state index contributed by atoms with van der Waals surface area (Å²) in [6.07, 6.45) is 0. The molecule has 1 aromatic heterocycles. The van der Waals surface area contributed by atoms with E-state index < -0.39 is 0 Å². The maximum absolute atomic E-state index is 5.09. The minimum atomic E-state index is 0.665. The zero-order valence-electron chi connectivity index (χ0n) is 9.62. The highest BCUT2D eigenvalue weighted by Crippen LogP contribution is 2.12. The van der Waals surface area contributed by atoms with Crippen LogP contribution in [0.1, 0.15) is 32.5 Å². The minimum Gasteiger partial charge on any atom is -0.338 e. The average Bonchev–Trinajstić information content (AvgIpc) is 2.62. The van der Waals surface area contributed by atoms with Gasteiger partial charge >= 0.3 is 0 Å². The Balaban J connectivity index is 2.26. The molecule has 1 N–H and O–H groups in total. The molecule has 0 saturated carbocycles. The van der Waals surface area contributed by atoms with Crippen molar-refractivity contribution in [3.05, 3.63) is 11.7 Å². The van der Waals surface area contributed by atoms with E-state index in [1.54, 1.807) is 0 Å². The fourth-order valence-electron chi connectivity index (χ4n) is 1.04. The molecule has 0 aromatic carbocycles.